The van der Waals surface area contributed by atoms with Crippen LogP contribution in [0.2, 0.25) is 0 Å². The van der Waals surface area contributed by atoms with Crippen molar-refractivity contribution in [1.29, 1.82) is 0 Å². The third-order valence-corrected chi connectivity index (χ3v) is 3.21. The first-order valence-corrected chi connectivity index (χ1v) is 5.94. The number of fused-ring (bicyclic) bond motifs is 1. The summed E-state index contributed by atoms with van der Waals surface area (Å²) in [5.41, 5.74) is 1.18. The van der Waals surface area contributed by atoms with Crippen LogP contribution in [-0.2, 0) is 18.8 Å². The third kappa shape index (κ3) is 1.67. The monoisotopic (exact) mass is 250 g/mol. The van der Waals surface area contributed by atoms with E-state index in [0.29, 0.717) is 30.3 Å². The molecule has 0 saturated carbocycles. The fraction of sp³-hybridized carbons (Fsp3) is 0.545. The number of morpholine rings is 1. The van der Waals surface area contributed by atoms with Gasteiger partial charge in [-0.15, -0.1) is 0 Å². The van der Waals surface area contributed by atoms with Crippen LogP contribution in [0.3, 0.4) is 0 Å². The highest BCUT2D eigenvalue weighted by molar-refractivity contribution is 5.67. The van der Waals surface area contributed by atoms with Crippen LogP contribution < -0.4 is 15.0 Å². The van der Waals surface area contributed by atoms with E-state index in [4.69, 9.17) is 4.74 Å². The number of rotatable bonds is 1. The zero-order chi connectivity index (χ0) is 12.7. The summed E-state index contributed by atoms with van der Waals surface area (Å²) < 4.78 is 8.93. The maximum Gasteiger partial charge on any atom is 0.311 e. The number of aromatic amines is 1. The van der Waals surface area contributed by atoms with Crippen molar-refractivity contribution in [3.05, 3.63) is 16.7 Å². The van der Waals surface area contributed by atoms with Gasteiger partial charge in [0.2, 0.25) is 5.52 Å². The molecule has 0 bridgehead atoms. The number of aryl methyl sites for hydroxylation is 2. The highest BCUT2D eigenvalue weighted by Crippen LogP contribution is 2.10. The average Bonchev–Trinajstić information content (AvgIpc) is 2.66. The van der Waals surface area contributed by atoms with Gasteiger partial charge in [-0.05, 0) is 0 Å². The number of hydrogen-bond donors (Lipinski definition) is 1. The van der Waals surface area contributed by atoms with Crippen molar-refractivity contribution in [2.75, 3.05) is 31.2 Å². The molecule has 1 saturated heterocycles. The van der Waals surface area contributed by atoms with Crippen molar-refractivity contribution in [3.63, 3.8) is 0 Å². The Morgan fingerprint density at radius 3 is 2.89 bits per heavy atom. The molecule has 0 atom stereocenters. The maximum atomic E-state index is 12.1. The number of nitrogens with one attached hydrogen (secondary N) is 1. The predicted molar refractivity (Wildman–Crippen MR) is 65.5 cm³/mol. The van der Waals surface area contributed by atoms with E-state index in [-0.39, 0.29) is 5.56 Å². The molecule has 0 aromatic carbocycles. The van der Waals surface area contributed by atoms with Crippen LogP contribution in [-0.4, -0.2) is 40.8 Å². The normalized spacial score (nSPS) is 16.4. The van der Waals surface area contributed by atoms with Crippen molar-refractivity contribution in [1.82, 2.24) is 14.5 Å². The summed E-state index contributed by atoms with van der Waals surface area (Å²) >= 11 is 0. The van der Waals surface area contributed by atoms with Gasteiger partial charge in [-0.2, -0.15) is 0 Å². The summed E-state index contributed by atoms with van der Waals surface area (Å²) in [6.07, 6.45) is 1.84. The van der Waals surface area contributed by atoms with Gasteiger partial charge in [0.15, 0.2) is 6.33 Å². The Bertz CT molecular complexity index is 639. The summed E-state index contributed by atoms with van der Waals surface area (Å²) in [5, 5.41) is 0. The lowest BCUT2D eigenvalue weighted by molar-refractivity contribution is -0.647. The van der Waals surface area contributed by atoms with E-state index >= 15 is 0 Å². The average molecular weight is 250 g/mol. The molecule has 3 heterocycles. The molecule has 0 radical (unpaired) electrons. The zero-order valence-corrected chi connectivity index (χ0v) is 10.5. The molecular formula is C11H16N5O2+. The van der Waals surface area contributed by atoms with Crippen molar-refractivity contribution in [2.24, 2.45) is 14.1 Å². The van der Waals surface area contributed by atoms with E-state index in [9.17, 15) is 4.79 Å². The highest BCUT2D eigenvalue weighted by Gasteiger charge is 2.22. The van der Waals surface area contributed by atoms with Gasteiger partial charge in [0.05, 0.1) is 27.3 Å². The van der Waals surface area contributed by atoms with E-state index in [1.54, 1.807) is 4.57 Å². The molecule has 7 heteroatoms. The Hall–Kier alpha value is -1.89. The van der Waals surface area contributed by atoms with Gasteiger partial charge < -0.3 is 9.64 Å². The lowest BCUT2D eigenvalue weighted by atomic mass is 10.4. The van der Waals surface area contributed by atoms with E-state index < -0.39 is 0 Å². The van der Waals surface area contributed by atoms with Crippen molar-refractivity contribution < 1.29 is 9.30 Å². The van der Waals surface area contributed by atoms with Gasteiger partial charge in [-0.25, -0.2) is 4.57 Å². The molecular weight excluding hydrogens is 234 g/mol. The van der Waals surface area contributed by atoms with Crippen LogP contribution >= 0.6 is 0 Å². The number of ether oxygens (including phenoxy) is 1. The molecule has 0 aliphatic carbocycles. The maximum absolute atomic E-state index is 12.1. The summed E-state index contributed by atoms with van der Waals surface area (Å²) in [4.78, 5) is 21.5. The van der Waals surface area contributed by atoms with Crippen LogP contribution in [0.1, 0.15) is 0 Å². The highest BCUT2D eigenvalue weighted by atomic mass is 16.5. The minimum absolute atomic E-state index is 0.107. The van der Waals surface area contributed by atoms with Crippen LogP contribution in [0.4, 0.5) is 5.95 Å². The van der Waals surface area contributed by atoms with Gasteiger partial charge in [0.1, 0.15) is 0 Å². The number of hydrogen-bond acceptors (Lipinski definition) is 4. The molecule has 1 aliphatic rings. The lowest BCUT2D eigenvalue weighted by Crippen LogP contribution is -2.39. The predicted octanol–water partition coefficient (Wildman–Crippen LogP) is -1.08. The second-order valence-electron chi connectivity index (χ2n) is 4.50. The molecule has 96 valence electrons. The Morgan fingerprint density at radius 2 is 2.17 bits per heavy atom. The van der Waals surface area contributed by atoms with Gasteiger partial charge in [0.25, 0.3) is 11.5 Å². The van der Waals surface area contributed by atoms with E-state index in [2.05, 4.69) is 9.97 Å². The summed E-state index contributed by atoms with van der Waals surface area (Å²) in [6.45, 7) is 2.85. The molecule has 2 aromatic rings. The van der Waals surface area contributed by atoms with Crippen LogP contribution in [0.5, 0.6) is 0 Å². The molecule has 3 rings (SSSR count). The second kappa shape index (κ2) is 4.09. The van der Waals surface area contributed by atoms with Crippen molar-refractivity contribution >= 4 is 17.1 Å². The van der Waals surface area contributed by atoms with Crippen LogP contribution in [0.25, 0.3) is 11.2 Å². The van der Waals surface area contributed by atoms with Gasteiger partial charge >= 0.3 is 5.65 Å². The Kier molecular flexibility index (Phi) is 2.55. The molecule has 0 amide bonds. The van der Waals surface area contributed by atoms with Gasteiger partial charge in [-0.3, -0.25) is 14.3 Å². The summed E-state index contributed by atoms with van der Waals surface area (Å²) in [6, 6.07) is 0. The first kappa shape index (κ1) is 11.2. The fourth-order valence-electron chi connectivity index (χ4n) is 2.30. The number of anilines is 1. The largest absolute Gasteiger partial charge is 0.378 e. The minimum atomic E-state index is -0.107. The molecule has 7 nitrogen and oxygen atoms in total. The molecule has 0 unspecified atom stereocenters. The first-order chi connectivity index (χ1) is 8.66. The van der Waals surface area contributed by atoms with Gasteiger partial charge in [-0.1, -0.05) is 4.98 Å². The standard InChI is InChI=1S/C11H15N5O2/c1-14-7-15(2)9-8(14)10(17)13-11(12-9)16-3-5-18-6-4-16/h7H,3-6H2,1-2H3/p+1. The number of aromatic nitrogens is 4. The molecule has 1 aliphatic heterocycles. The number of imidazole rings is 1. The van der Waals surface area contributed by atoms with Crippen LogP contribution in [0, 0.1) is 0 Å². The Morgan fingerprint density at radius 1 is 1.44 bits per heavy atom. The summed E-state index contributed by atoms with van der Waals surface area (Å²) in [7, 11) is 3.73. The second-order valence-corrected chi connectivity index (χ2v) is 4.50. The topological polar surface area (TPSA) is 67.0 Å². The number of H-pyrrole nitrogens is 1. The first-order valence-electron chi connectivity index (χ1n) is 5.94. The third-order valence-electron chi connectivity index (χ3n) is 3.21. The summed E-state index contributed by atoms with van der Waals surface area (Å²) in [5.74, 6) is 0.623. The fourth-order valence-corrected chi connectivity index (χ4v) is 2.30. The van der Waals surface area contributed by atoms with Gasteiger partial charge in [0, 0.05) is 13.1 Å². The smallest absolute Gasteiger partial charge is 0.311 e. The van der Waals surface area contributed by atoms with E-state index in [0.717, 1.165) is 13.1 Å². The van der Waals surface area contributed by atoms with E-state index in [1.807, 2.05) is 29.9 Å². The quantitative estimate of drug-likeness (QED) is 0.654. The SMILES string of the molecule is Cn1c[n+](C)c2nc(N3CCOCC3)[nH]c(=O)c21. The lowest BCUT2D eigenvalue weighted by Gasteiger charge is -2.25. The number of nitrogens with zero attached hydrogens (tertiary/aromatic N) is 4. The Labute approximate surface area is 104 Å². The van der Waals surface area contributed by atoms with Crippen LogP contribution in [0.15, 0.2) is 11.1 Å². The molecule has 1 fully saturated rings. The minimum Gasteiger partial charge on any atom is -0.378 e. The molecule has 1 N–H and O–H groups in total. The molecule has 18 heavy (non-hydrogen) atoms. The van der Waals surface area contributed by atoms with Crippen molar-refractivity contribution in [3.8, 4) is 0 Å². The zero-order valence-electron chi connectivity index (χ0n) is 10.5. The van der Waals surface area contributed by atoms with Crippen molar-refractivity contribution in [2.45, 2.75) is 0 Å². The molecule has 0 spiro atoms. The molecule has 2 aromatic heterocycles. The Balaban J connectivity index is 2.14. The van der Waals surface area contributed by atoms with E-state index in [1.165, 1.54) is 0 Å².